The summed E-state index contributed by atoms with van der Waals surface area (Å²) in [7, 11) is 0. The number of amides is 1. The van der Waals surface area contributed by atoms with E-state index in [9.17, 15) is 9.59 Å². The van der Waals surface area contributed by atoms with Crippen LogP contribution in [0.5, 0.6) is 5.75 Å². The molecule has 2 unspecified atom stereocenters. The lowest BCUT2D eigenvalue weighted by Crippen LogP contribution is -2.41. The van der Waals surface area contributed by atoms with Gasteiger partial charge in [0.15, 0.2) is 0 Å². The molecule has 0 radical (unpaired) electrons. The average molecular weight is 423 g/mol. The van der Waals surface area contributed by atoms with Gasteiger partial charge in [-0.1, -0.05) is 18.2 Å². The zero-order chi connectivity index (χ0) is 22.0. The number of carbonyl (C=O) groups excluding carboxylic acids is 2. The number of nitrogens with one attached hydrogen (secondary N) is 1. The number of carbonyl (C=O) groups is 2. The molecule has 1 fully saturated rings. The molecule has 0 spiro atoms. The van der Waals surface area contributed by atoms with E-state index < -0.39 is 6.09 Å². The summed E-state index contributed by atoms with van der Waals surface area (Å²) in [5.41, 5.74) is 3.88. The Kier molecular flexibility index (Phi) is 6.16. The van der Waals surface area contributed by atoms with E-state index in [-0.39, 0.29) is 18.1 Å². The normalized spacial score (nSPS) is 20.2. The van der Waals surface area contributed by atoms with Gasteiger partial charge in [0.1, 0.15) is 12.0 Å². The van der Waals surface area contributed by atoms with E-state index in [1.807, 2.05) is 57.2 Å². The second-order valence-corrected chi connectivity index (χ2v) is 8.45. The largest absolute Gasteiger partial charge is 0.494 e. The summed E-state index contributed by atoms with van der Waals surface area (Å²) in [5, 5.41) is 2.75. The van der Waals surface area contributed by atoms with Crippen molar-refractivity contribution in [3.63, 3.8) is 0 Å². The van der Waals surface area contributed by atoms with Crippen molar-refractivity contribution in [2.24, 2.45) is 0 Å². The minimum Gasteiger partial charge on any atom is -0.494 e. The van der Waals surface area contributed by atoms with Gasteiger partial charge in [-0.15, -0.1) is 0 Å². The van der Waals surface area contributed by atoms with Gasteiger partial charge in [0.05, 0.1) is 24.7 Å². The van der Waals surface area contributed by atoms with Crippen molar-refractivity contribution in [2.75, 3.05) is 16.8 Å². The summed E-state index contributed by atoms with van der Waals surface area (Å²) in [4.78, 5) is 26.5. The third-order valence-corrected chi connectivity index (χ3v) is 6.05. The summed E-state index contributed by atoms with van der Waals surface area (Å²) in [5.74, 6) is 0.593. The third kappa shape index (κ3) is 4.24. The van der Waals surface area contributed by atoms with E-state index in [0.29, 0.717) is 18.3 Å². The summed E-state index contributed by atoms with van der Waals surface area (Å²) in [6, 6.07) is 14.1. The Morgan fingerprint density at radius 1 is 1.19 bits per heavy atom. The molecule has 0 bridgehead atoms. The van der Waals surface area contributed by atoms with Crippen molar-refractivity contribution >= 4 is 23.8 Å². The molecule has 6 heteroatoms. The Labute approximate surface area is 183 Å². The molecule has 164 valence electrons. The van der Waals surface area contributed by atoms with Gasteiger partial charge in [-0.05, 0) is 69.4 Å². The molecule has 1 heterocycles. The highest BCUT2D eigenvalue weighted by Crippen LogP contribution is 2.52. The van der Waals surface area contributed by atoms with E-state index in [2.05, 4.69) is 16.3 Å². The molecule has 0 aromatic heterocycles. The lowest BCUT2D eigenvalue weighted by atomic mass is 9.87. The Balaban J connectivity index is 1.64. The molecular weight excluding hydrogens is 392 g/mol. The molecule has 2 atom stereocenters. The summed E-state index contributed by atoms with van der Waals surface area (Å²) < 4.78 is 10.9. The Morgan fingerprint density at radius 2 is 1.94 bits per heavy atom. The Morgan fingerprint density at radius 3 is 2.52 bits per heavy atom. The van der Waals surface area contributed by atoms with Gasteiger partial charge in [0.2, 0.25) is 0 Å². The van der Waals surface area contributed by atoms with Crippen LogP contribution >= 0.6 is 0 Å². The fourth-order valence-electron chi connectivity index (χ4n) is 4.51. The molecular formula is C25H30N2O4. The number of benzene rings is 2. The second kappa shape index (κ2) is 9.00. The van der Waals surface area contributed by atoms with Gasteiger partial charge in [-0.25, -0.2) is 4.79 Å². The number of fused-ring (bicyclic) bond motifs is 1. The van der Waals surface area contributed by atoms with Crippen molar-refractivity contribution < 1.29 is 19.1 Å². The van der Waals surface area contributed by atoms with E-state index in [1.165, 1.54) is 6.42 Å². The highest BCUT2D eigenvalue weighted by molar-refractivity contribution is 5.85. The first kappa shape index (κ1) is 21.2. The van der Waals surface area contributed by atoms with Gasteiger partial charge in [-0.3, -0.25) is 5.32 Å². The minimum atomic E-state index is -0.471. The van der Waals surface area contributed by atoms with Crippen LogP contribution < -0.4 is 15.0 Å². The summed E-state index contributed by atoms with van der Waals surface area (Å²) in [6.07, 6.45) is 3.88. The van der Waals surface area contributed by atoms with Crippen LogP contribution in [0.15, 0.2) is 42.5 Å². The Bertz CT molecular complexity index is 937. The highest BCUT2D eigenvalue weighted by Gasteiger charge is 2.44. The predicted octanol–water partition coefficient (Wildman–Crippen LogP) is 5.44. The maximum Gasteiger partial charge on any atom is 0.411 e. The molecule has 2 aliphatic rings. The predicted molar refractivity (Wildman–Crippen MR) is 121 cm³/mol. The molecule has 0 saturated heterocycles. The van der Waals surface area contributed by atoms with Gasteiger partial charge >= 0.3 is 6.09 Å². The summed E-state index contributed by atoms with van der Waals surface area (Å²) >= 11 is 0. The van der Waals surface area contributed by atoms with E-state index in [0.717, 1.165) is 41.7 Å². The maximum atomic E-state index is 12.2. The standard InChI is InChI=1S/C25H30N2O4/c1-4-30-20-12-13-21-22(15-28)24(27(23(21)14-20)19-6-5-7-19)17-8-10-18(11-9-17)26-25(29)31-16(2)3/h8-16,19,22,24H,4-7H2,1-3H3,(H,26,29). The highest BCUT2D eigenvalue weighted by atomic mass is 16.6. The Hall–Kier alpha value is -3.02. The van der Waals surface area contributed by atoms with Gasteiger partial charge in [0.25, 0.3) is 0 Å². The molecule has 1 aliphatic heterocycles. The molecule has 2 aromatic rings. The van der Waals surface area contributed by atoms with E-state index in [4.69, 9.17) is 9.47 Å². The SMILES string of the molecule is CCOc1ccc2c(c1)N(C1CCC1)C(c1ccc(NC(=O)OC(C)C)cc1)C2C=O. The van der Waals surface area contributed by atoms with Crippen LogP contribution in [0.25, 0.3) is 0 Å². The molecule has 2 aromatic carbocycles. The lowest BCUT2D eigenvalue weighted by molar-refractivity contribution is -0.109. The number of anilines is 2. The van der Waals surface area contributed by atoms with Crippen molar-refractivity contribution in [1.29, 1.82) is 0 Å². The van der Waals surface area contributed by atoms with Crippen molar-refractivity contribution in [3.8, 4) is 5.75 Å². The second-order valence-electron chi connectivity index (χ2n) is 8.45. The van der Waals surface area contributed by atoms with Crippen LogP contribution in [0.1, 0.15) is 63.1 Å². The monoisotopic (exact) mass is 422 g/mol. The van der Waals surface area contributed by atoms with Crippen molar-refractivity contribution in [1.82, 2.24) is 0 Å². The minimum absolute atomic E-state index is 0.0636. The van der Waals surface area contributed by atoms with Crippen LogP contribution in [0, 0.1) is 0 Å². The van der Waals surface area contributed by atoms with Crippen LogP contribution in [0.3, 0.4) is 0 Å². The number of ether oxygens (including phenoxy) is 2. The number of nitrogens with zero attached hydrogens (tertiary/aromatic N) is 1. The van der Waals surface area contributed by atoms with Crippen LogP contribution in [0.4, 0.5) is 16.2 Å². The quantitative estimate of drug-likeness (QED) is 0.602. The molecule has 1 aliphatic carbocycles. The number of hydrogen-bond acceptors (Lipinski definition) is 5. The molecule has 1 saturated carbocycles. The maximum absolute atomic E-state index is 12.2. The first-order valence-corrected chi connectivity index (χ1v) is 11.1. The van der Waals surface area contributed by atoms with E-state index in [1.54, 1.807) is 0 Å². The molecule has 4 rings (SSSR count). The van der Waals surface area contributed by atoms with Gasteiger partial charge in [0, 0.05) is 23.5 Å². The number of hydrogen-bond donors (Lipinski definition) is 1. The first-order valence-electron chi connectivity index (χ1n) is 11.1. The zero-order valence-corrected chi connectivity index (χ0v) is 18.3. The smallest absolute Gasteiger partial charge is 0.411 e. The van der Waals surface area contributed by atoms with Gasteiger partial charge in [-0.2, -0.15) is 0 Å². The zero-order valence-electron chi connectivity index (χ0n) is 18.3. The van der Waals surface area contributed by atoms with Gasteiger partial charge < -0.3 is 19.2 Å². The molecule has 31 heavy (non-hydrogen) atoms. The van der Waals surface area contributed by atoms with Crippen LogP contribution in [-0.4, -0.2) is 31.1 Å². The molecule has 1 N–H and O–H groups in total. The van der Waals surface area contributed by atoms with Crippen molar-refractivity contribution in [3.05, 3.63) is 53.6 Å². The van der Waals surface area contributed by atoms with Crippen LogP contribution in [0.2, 0.25) is 0 Å². The fourth-order valence-corrected chi connectivity index (χ4v) is 4.51. The topological polar surface area (TPSA) is 67.9 Å². The third-order valence-electron chi connectivity index (χ3n) is 6.05. The number of rotatable bonds is 7. The lowest BCUT2D eigenvalue weighted by Gasteiger charge is -2.41. The molecule has 1 amide bonds. The first-order chi connectivity index (χ1) is 15.0. The number of aldehydes is 1. The van der Waals surface area contributed by atoms with Crippen molar-refractivity contribution in [2.45, 2.75) is 64.1 Å². The van der Waals surface area contributed by atoms with Crippen LogP contribution in [-0.2, 0) is 9.53 Å². The fraction of sp³-hybridized carbons (Fsp3) is 0.440. The summed E-state index contributed by atoms with van der Waals surface area (Å²) in [6.45, 7) is 6.20. The molecule has 6 nitrogen and oxygen atoms in total. The van der Waals surface area contributed by atoms with E-state index >= 15 is 0 Å². The average Bonchev–Trinajstić information content (AvgIpc) is 3.00.